The number of benzene rings is 2. The summed E-state index contributed by atoms with van der Waals surface area (Å²) in [6, 6.07) is 14.9. The van der Waals surface area contributed by atoms with E-state index in [0.29, 0.717) is 55.8 Å². The van der Waals surface area contributed by atoms with Gasteiger partial charge in [-0.05, 0) is 42.5 Å². The number of nitrogens with zero attached hydrogens (tertiary/aromatic N) is 1. The van der Waals surface area contributed by atoms with Crippen LogP contribution >= 0.6 is 0 Å². The Labute approximate surface area is 170 Å². The SMILES string of the molecule is NC(=O)c1cc(OCc2ccccc2)ccc1CCC(=O)NN1CCC(O)CC1. The van der Waals surface area contributed by atoms with Gasteiger partial charge in [-0.3, -0.25) is 15.0 Å². The summed E-state index contributed by atoms with van der Waals surface area (Å²) in [5.41, 5.74) is 10.5. The molecule has 1 aliphatic heterocycles. The molecule has 1 heterocycles. The van der Waals surface area contributed by atoms with E-state index in [2.05, 4.69) is 5.43 Å². The van der Waals surface area contributed by atoms with E-state index in [1.807, 2.05) is 35.3 Å². The van der Waals surface area contributed by atoms with Gasteiger partial charge in [0.25, 0.3) is 0 Å². The minimum absolute atomic E-state index is 0.124. The number of nitrogens with two attached hydrogens (primary N) is 1. The zero-order valence-corrected chi connectivity index (χ0v) is 16.3. The summed E-state index contributed by atoms with van der Waals surface area (Å²) >= 11 is 0. The normalized spacial score (nSPS) is 15.1. The van der Waals surface area contributed by atoms with Gasteiger partial charge >= 0.3 is 0 Å². The van der Waals surface area contributed by atoms with Crippen molar-refractivity contribution in [1.82, 2.24) is 10.4 Å². The van der Waals surface area contributed by atoms with Crippen LogP contribution in [0.4, 0.5) is 0 Å². The zero-order chi connectivity index (χ0) is 20.6. The molecule has 1 aliphatic rings. The van der Waals surface area contributed by atoms with E-state index in [1.54, 1.807) is 18.2 Å². The van der Waals surface area contributed by atoms with Crippen molar-refractivity contribution in [3.05, 3.63) is 65.2 Å². The maximum Gasteiger partial charge on any atom is 0.249 e. The molecule has 2 amide bonds. The van der Waals surface area contributed by atoms with Crippen LogP contribution in [0.15, 0.2) is 48.5 Å². The molecule has 0 atom stereocenters. The molecule has 2 aromatic rings. The van der Waals surface area contributed by atoms with E-state index in [4.69, 9.17) is 10.5 Å². The molecule has 0 unspecified atom stereocenters. The number of hydrogen-bond donors (Lipinski definition) is 3. The first-order chi connectivity index (χ1) is 14.0. The number of rotatable bonds is 8. The Hall–Kier alpha value is -2.90. The monoisotopic (exact) mass is 397 g/mol. The van der Waals surface area contributed by atoms with E-state index in [0.717, 1.165) is 5.56 Å². The molecule has 0 bridgehead atoms. The Kier molecular flexibility index (Phi) is 7.21. The molecule has 29 heavy (non-hydrogen) atoms. The highest BCUT2D eigenvalue weighted by Gasteiger charge is 2.19. The van der Waals surface area contributed by atoms with Gasteiger partial charge in [0.2, 0.25) is 11.8 Å². The standard InChI is InChI=1S/C22H27N3O4/c23-22(28)20-14-19(29-15-16-4-2-1-3-5-16)8-6-17(20)7-9-21(27)24-25-12-10-18(26)11-13-25/h1-6,8,14,18,26H,7,9-13,15H2,(H2,23,28)(H,24,27). The number of hydrazine groups is 1. The lowest BCUT2D eigenvalue weighted by Crippen LogP contribution is -2.47. The molecule has 2 aromatic carbocycles. The van der Waals surface area contributed by atoms with Crippen LogP contribution in [0, 0.1) is 0 Å². The molecular formula is C22H27N3O4. The number of ether oxygens (including phenoxy) is 1. The maximum absolute atomic E-state index is 12.2. The number of amides is 2. The van der Waals surface area contributed by atoms with Crippen LogP contribution in [0.2, 0.25) is 0 Å². The summed E-state index contributed by atoms with van der Waals surface area (Å²) in [4.78, 5) is 24.1. The molecule has 0 aliphatic carbocycles. The van der Waals surface area contributed by atoms with Crippen LogP contribution in [0.1, 0.15) is 40.7 Å². The van der Waals surface area contributed by atoms with Crippen molar-refractivity contribution in [2.75, 3.05) is 13.1 Å². The molecule has 0 spiro atoms. The van der Waals surface area contributed by atoms with Crippen LogP contribution in [-0.4, -0.2) is 41.1 Å². The molecule has 0 aromatic heterocycles. The summed E-state index contributed by atoms with van der Waals surface area (Å²) in [6.07, 6.45) is 1.65. The Morgan fingerprint density at radius 3 is 2.55 bits per heavy atom. The molecule has 0 radical (unpaired) electrons. The predicted octanol–water partition coefficient (Wildman–Crippen LogP) is 1.78. The summed E-state index contributed by atoms with van der Waals surface area (Å²) in [5.74, 6) is -0.112. The van der Waals surface area contributed by atoms with Crippen LogP contribution in [0.25, 0.3) is 0 Å². The average Bonchev–Trinajstić information content (AvgIpc) is 2.73. The van der Waals surface area contributed by atoms with E-state index in [1.165, 1.54) is 0 Å². The van der Waals surface area contributed by atoms with Gasteiger partial charge in [-0.15, -0.1) is 0 Å². The van der Waals surface area contributed by atoms with Crippen molar-refractivity contribution >= 4 is 11.8 Å². The van der Waals surface area contributed by atoms with Crippen molar-refractivity contribution < 1.29 is 19.4 Å². The van der Waals surface area contributed by atoms with Gasteiger partial charge in [0, 0.05) is 25.1 Å². The number of hydrogen-bond acceptors (Lipinski definition) is 5. The minimum atomic E-state index is -0.546. The van der Waals surface area contributed by atoms with E-state index in [9.17, 15) is 14.7 Å². The molecular weight excluding hydrogens is 370 g/mol. The van der Waals surface area contributed by atoms with E-state index in [-0.39, 0.29) is 18.4 Å². The largest absolute Gasteiger partial charge is 0.489 e. The van der Waals surface area contributed by atoms with Gasteiger partial charge in [0.05, 0.1) is 6.10 Å². The fraction of sp³-hybridized carbons (Fsp3) is 0.364. The summed E-state index contributed by atoms with van der Waals surface area (Å²) in [5, 5.41) is 11.4. The lowest BCUT2D eigenvalue weighted by molar-refractivity contribution is -0.127. The van der Waals surface area contributed by atoms with Crippen LogP contribution < -0.4 is 15.9 Å². The molecule has 0 saturated carbocycles. The molecule has 3 rings (SSSR count). The highest BCUT2D eigenvalue weighted by Crippen LogP contribution is 2.20. The number of piperidine rings is 1. The van der Waals surface area contributed by atoms with E-state index >= 15 is 0 Å². The lowest BCUT2D eigenvalue weighted by atomic mass is 10.0. The minimum Gasteiger partial charge on any atom is -0.489 e. The number of carbonyl (C=O) groups excluding carboxylic acids is 2. The fourth-order valence-electron chi connectivity index (χ4n) is 3.29. The second-order valence-electron chi connectivity index (χ2n) is 7.21. The number of carbonyl (C=O) groups is 2. The van der Waals surface area contributed by atoms with Gasteiger partial charge in [0.15, 0.2) is 0 Å². The topological polar surface area (TPSA) is 105 Å². The summed E-state index contributed by atoms with van der Waals surface area (Å²) in [6.45, 7) is 1.66. The average molecular weight is 397 g/mol. The van der Waals surface area contributed by atoms with Crippen LogP contribution in [0.3, 0.4) is 0 Å². The van der Waals surface area contributed by atoms with Gasteiger partial charge in [-0.2, -0.15) is 0 Å². The highest BCUT2D eigenvalue weighted by molar-refractivity contribution is 5.95. The summed E-state index contributed by atoms with van der Waals surface area (Å²) in [7, 11) is 0. The predicted molar refractivity (Wildman–Crippen MR) is 109 cm³/mol. The Balaban J connectivity index is 1.55. The third-order valence-electron chi connectivity index (χ3n) is 4.96. The first kappa shape index (κ1) is 20.8. The Morgan fingerprint density at radius 1 is 1.14 bits per heavy atom. The number of nitrogens with one attached hydrogen (secondary N) is 1. The third kappa shape index (κ3) is 6.30. The van der Waals surface area contributed by atoms with Crippen LogP contribution in [0.5, 0.6) is 5.75 Å². The van der Waals surface area contributed by atoms with Crippen molar-refractivity contribution in [3.8, 4) is 5.75 Å². The maximum atomic E-state index is 12.2. The lowest BCUT2D eigenvalue weighted by Gasteiger charge is -2.29. The van der Waals surface area contributed by atoms with E-state index < -0.39 is 5.91 Å². The molecule has 1 saturated heterocycles. The van der Waals surface area contributed by atoms with Gasteiger partial charge in [-0.1, -0.05) is 36.4 Å². The van der Waals surface area contributed by atoms with Crippen molar-refractivity contribution in [2.24, 2.45) is 5.73 Å². The zero-order valence-electron chi connectivity index (χ0n) is 16.3. The number of aliphatic hydroxyl groups is 1. The molecule has 1 fully saturated rings. The first-order valence-electron chi connectivity index (χ1n) is 9.83. The van der Waals surface area contributed by atoms with Gasteiger partial charge < -0.3 is 15.6 Å². The number of aryl methyl sites for hydroxylation is 1. The van der Waals surface area contributed by atoms with Gasteiger partial charge in [0.1, 0.15) is 12.4 Å². The number of aliphatic hydroxyl groups excluding tert-OH is 1. The number of primary amides is 1. The van der Waals surface area contributed by atoms with Crippen molar-refractivity contribution in [1.29, 1.82) is 0 Å². The fourth-order valence-corrected chi connectivity index (χ4v) is 3.29. The van der Waals surface area contributed by atoms with Crippen molar-refractivity contribution in [3.63, 3.8) is 0 Å². The second-order valence-corrected chi connectivity index (χ2v) is 7.21. The second kappa shape index (κ2) is 10.0. The highest BCUT2D eigenvalue weighted by atomic mass is 16.5. The quantitative estimate of drug-likeness (QED) is 0.630. The summed E-state index contributed by atoms with van der Waals surface area (Å²) < 4.78 is 5.76. The van der Waals surface area contributed by atoms with Gasteiger partial charge in [-0.25, -0.2) is 5.01 Å². The van der Waals surface area contributed by atoms with Crippen molar-refractivity contribution in [2.45, 2.75) is 38.4 Å². The molecule has 7 heteroatoms. The smallest absolute Gasteiger partial charge is 0.249 e. The first-order valence-corrected chi connectivity index (χ1v) is 9.83. The van der Waals surface area contributed by atoms with Crippen LogP contribution in [-0.2, 0) is 17.8 Å². The Bertz CT molecular complexity index is 833. The molecule has 4 N–H and O–H groups in total. The Morgan fingerprint density at radius 2 is 1.86 bits per heavy atom. The third-order valence-corrected chi connectivity index (χ3v) is 4.96. The molecule has 7 nitrogen and oxygen atoms in total. The molecule has 154 valence electrons.